The molecule has 1 N–H and O–H groups in total. The van der Waals surface area contributed by atoms with Crippen LogP contribution in [0.3, 0.4) is 0 Å². The van der Waals surface area contributed by atoms with Gasteiger partial charge in [-0.25, -0.2) is 0 Å². The van der Waals surface area contributed by atoms with Gasteiger partial charge in [-0.3, -0.25) is 0 Å². The summed E-state index contributed by atoms with van der Waals surface area (Å²) in [4.78, 5) is 0. The highest BCUT2D eigenvalue weighted by Crippen LogP contribution is 2.10. The first-order valence-electron chi connectivity index (χ1n) is 3.91. The smallest absolute Gasteiger partial charge is 0.115 e. The van der Waals surface area contributed by atoms with Crippen LogP contribution in [-0.2, 0) is 0 Å². The minimum absolute atomic E-state index is 0.304. The lowest BCUT2D eigenvalue weighted by Crippen LogP contribution is -1.68. The molecule has 12 heavy (non-hydrogen) atoms. The van der Waals surface area contributed by atoms with Gasteiger partial charge in [-0.05, 0) is 24.6 Å². The van der Waals surface area contributed by atoms with Gasteiger partial charge in [0.25, 0.3) is 0 Å². The quantitative estimate of drug-likeness (QED) is 0.659. The van der Waals surface area contributed by atoms with Crippen LogP contribution in [0, 0.1) is 0 Å². The Labute approximate surface area is 72.7 Å². The van der Waals surface area contributed by atoms with Crippen LogP contribution < -0.4 is 0 Å². The van der Waals surface area contributed by atoms with Crippen molar-refractivity contribution in [3.63, 3.8) is 0 Å². The highest BCUT2D eigenvalue weighted by Gasteiger charge is 1.85. The van der Waals surface area contributed by atoms with E-state index in [1.54, 1.807) is 12.1 Å². The van der Waals surface area contributed by atoms with Crippen LogP contribution in [0.25, 0.3) is 6.08 Å². The lowest BCUT2D eigenvalue weighted by Gasteiger charge is -1.92. The molecule has 1 heteroatoms. The first-order valence-corrected chi connectivity index (χ1v) is 3.91. The summed E-state index contributed by atoms with van der Waals surface area (Å²) in [5.41, 5.74) is 1.09. The summed E-state index contributed by atoms with van der Waals surface area (Å²) >= 11 is 0. The van der Waals surface area contributed by atoms with E-state index >= 15 is 0 Å². The van der Waals surface area contributed by atoms with Crippen LogP contribution in [0.15, 0.2) is 42.5 Å². The lowest BCUT2D eigenvalue weighted by atomic mass is 10.2. The Balaban J connectivity index is 2.70. The van der Waals surface area contributed by atoms with Gasteiger partial charge < -0.3 is 5.11 Å². The average molecular weight is 160 g/mol. The maximum absolute atomic E-state index is 8.99. The van der Waals surface area contributed by atoms with Crippen LogP contribution in [0.4, 0.5) is 0 Å². The fourth-order valence-corrected chi connectivity index (χ4v) is 0.863. The van der Waals surface area contributed by atoms with Gasteiger partial charge in [-0.15, -0.1) is 0 Å². The van der Waals surface area contributed by atoms with Gasteiger partial charge >= 0.3 is 0 Å². The van der Waals surface area contributed by atoms with E-state index < -0.39 is 0 Å². The number of allylic oxidation sites excluding steroid dienone is 3. The second-order valence-electron chi connectivity index (χ2n) is 2.48. The molecule has 0 aromatic heterocycles. The Hall–Kier alpha value is -1.50. The van der Waals surface area contributed by atoms with Gasteiger partial charge in [0.2, 0.25) is 0 Å². The molecule has 0 spiro atoms. The summed E-state index contributed by atoms with van der Waals surface area (Å²) in [6.45, 7) is 1.97. The third kappa shape index (κ3) is 2.62. The van der Waals surface area contributed by atoms with Crippen molar-refractivity contribution in [3.8, 4) is 5.75 Å². The summed E-state index contributed by atoms with van der Waals surface area (Å²) < 4.78 is 0. The number of hydrogen-bond donors (Lipinski definition) is 1. The van der Waals surface area contributed by atoms with Crippen LogP contribution in [0.5, 0.6) is 5.75 Å². The molecule has 0 saturated heterocycles. The van der Waals surface area contributed by atoms with E-state index in [0.29, 0.717) is 5.75 Å². The third-order valence-electron chi connectivity index (χ3n) is 1.49. The number of phenolic OH excluding ortho intramolecular Hbond substituents is 1. The monoisotopic (exact) mass is 160 g/mol. The number of hydrogen-bond acceptors (Lipinski definition) is 1. The van der Waals surface area contributed by atoms with Gasteiger partial charge in [0.15, 0.2) is 0 Å². The molecule has 0 aliphatic carbocycles. The minimum atomic E-state index is 0.304. The molecular formula is C11H12O. The minimum Gasteiger partial charge on any atom is -0.508 e. The van der Waals surface area contributed by atoms with Gasteiger partial charge in [-0.1, -0.05) is 36.4 Å². The molecule has 0 amide bonds. The fourth-order valence-electron chi connectivity index (χ4n) is 0.863. The van der Waals surface area contributed by atoms with Crippen molar-refractivity contribution in [2.24, 2.45) is 0 Å². The summed E-state index contributed by atoms with van der Waals surface area (Å²) in [6.07, 6.45) is 7.88. The van der Waals surface area contributed by atoms with E-state index in [2.05, 4.69) is 0 Å². The molecule has 0 aliphatic heterocycles. The van der Waals surface area contributed by atoms with Gasteiger partial charge in [0, 0.05) is 0 Å². The largest absolute Gasteiger partial charge is 0.508 e. The number of benzene rings is 1. The van der Waals surface area contributed by atoms with E-state index in [9.17, 15) is 0 Å². The number of rotatable bonds is 2. The Bertz CT molecular complexity index is 280. The van der Waals surface area contributed by atoms with E-state index in [-0.39, 0.29) is 0 Å². The van der Waals surface area contributed by atoms with Crippen LogP contribution in [0.1, 0.15) is 12.5 Å². The van der Waals surface area contributed by atoms with Crippen molar-refractivity contribution >= 4 is 6.08 Å². The molecule has 62 valence electrons. The molecule has 0 unspecified atom stereocenters. The summed E-state index contributed by atoms with van der Waals surface area (Å²) in [5, 5.41) is 8.99. The molecule has 0 aliphatic rings. The normalized spacial score (nSPS) is 11.4. The van der Waals surface area contributed by atoms with Gasteiger partial charge in [-0.2, -0.15) is 0 Å². The second-order valence-corrected chi connectivity index (χ2v) is 2.48. The van der Waals surface area contributed by atoms with Gasteiger partial charge in [0.1, 0.15) is 5.75 Å². The Morgan fingerprint density at radius 3 is 2.33 bits per heavy atom. The molecule has 1 aromatic rings. The fraction of sp³-hybridized carbons (Fsp3) is 0.0909. The van der Waals surface area contributed by atoms with Crippen LogP contribution in [-0.4, -0.2) is 5.11 Å². The predicted molar refractivity (Wildman–Crippen MR) is 52.0 cm³/mol. The summed E-state index contributed by atoms with van der Waals surface area (Å²) in [6, 6.07) is 7.09. The molecular weight excluding hydrogens is 148 g/mol. The molecule has 0 atom stereocenters. The predicted octanol–water partition coefficient (Wildman–Crippen LogP) is 2.98. The highest BCUT2D eigenvalue weighted by atomic mass is 16.3. The standard InChI is InChI=1S/C11H12O/c1-2-3-4-5-10-6-8-11(12)9-7-10/h2-9,12H,1H3/b3-2+,5-4+. The molecule has 0 heterocycles. The van der Waals surface area contributed by atoms with Crippen LogP contribution in [0.2, 0.25) is 0 Å². The Morgan fingerprint density at radius 1 is 1.08 bits per heavy atom. The molecule has 1 rings (SSSR count). The van der Waals surface area contributed by atoms with E-state index in [0.717, 1.165) is 5.56 Å². The van der Waals surface area contributed by atoms with Crippen molar-refractivity contribution in [2.75, 3.05) is 0 Å². The maximum atomic E-state index is 8.99. The summed E-state index contributed by atoms with van der Waals surface area (Å²) in [7, 11) is 0. The van der Waals surface area contributed by atoms with Crippen molar-refractivity contribution in [1.82, 2.24) is 0 Å². The van der Waals surface area contributed by atoms with Crippen molar-refractivity contribution < 1.29 is 5.11 Å². The first kappa shape index (κ1) is 8.60. The zero-order valence-corrected chi connectivity index (χ0v) is 7.07. The van der Waals surface area contributed by atoms with Crippen molar-refractivity contribution in [1.29, 1.82) is 0 Å². The molecule has 0 saturated carbocycles. The second kappa shape index (κ2) is 4.39. The van der Waals surface area contributed by atoms with Crippen molar-refractivity contribution in [2.45, 2.75) is 6.92 Å². The first-order chi connectivity index (χ1) is 5.83. The maximum Gasteiger partial charge on any atom is 0.115 e. The summed E-state index contributed by atoms with van der Waals surface area (Å²) in [5.74, 6) is 0.304. The Morgan fingerprint density at radius 2 is 1.75 bits per heavy atom. The number of aromatic hydroxyl groups is 1. The molecule has 1 aromatic carbocycles. The lowest BCUT2D eigenvalue weighted by molar-refractivity contribution is 0.475. The zero-order valence-electron chi connectivity index (χ0n) is 7.07. The highest BCUT2D eigenvalue weighted by molar-refractivity contribution is 5.51. The Kier molecular flexibility index (Phi) is 3.15. The zero-order chi connectivity index (χ0) is 8.81. The molecule has 1 nitrogen and oxygen atoms in total. The molecule has 0 radical (unpaired) electrons. The third-order valence-corrected chi connectivity index (χ3v) is 1.49. The SMILES string of the molecule is C/C=C/C=C/c1ccc(O)cc1. The average Bonchev–Trinajstić information content (AvgIpc) is 2.09. The van der Waals surface area contributed by atoms with E-state index in [4.69, 9.17) is 5.11 Å². The van der Waals surface area contributed by atoms with Crippen LogP contribution >= 0.6 is 0 Å². The molecule has 0 fully saturated rings. The van der Waals surface area contributed by atoms with Gasteiger partial charge in [0.05, 0.1) is 0 Å². The van der Waals surface area contributed by atoms with E-state index in [1.807, 2.05) is 43.4 Å². The van der Waals surface area contributed by atoms with Crippen molar-refractivity contribution in [3.05, 3.63) is 48.1 Å². The number of phenols is 1. The molecule has 0 bridgehead atoms. The topological polar surface area (TPSA) is 20.2 Å². The van der Waals surface area contributed by atoms with E-state index in [1.165, 1.54) is 0 Å².